The molecule has 0 saturated carbocycles. The predicted molar refractivity (Wildman–Crippen MR) is 54.4 cm³/mol. The normalized spacial score (nSPS) is 40.3. The van der Waals surface area contributed by atoms with E-state index in [0.717, 1.165) is 0 Å². The molecule has 13 heavy (non-hydrogen) atoms. The van der Waals surface area contributed by atoms with Gasteiger partial charge >= 0.3 is 0 Å². The summed E-state index contributed by atoms with van der Waals surface area (Å²) in [5.41, 5.74) is 0. The summed E-state index contributed by atoms with van der Waals surface area (Å²) in [5.74, 6) is 1.10. The summed E-state index contributed by atoms with van der Waals surface area (Å²) >= 11 is 0. The lowest BCUT2D eigenvalue weighted by molar-refractivity contribution is 0.0406. The molecule has 1 heterocycles. The molecule has 0 aromatic heterocycles. The first-order valence-electron chi connectivity index (χ1n) is 4.78. The Morgan fingerprint density at radius 2 is 2.15 bits per heavy atom. The Labute approximate surface area is 83.0 Å². The molecule has 0 aliphatic carbocycles. The maximum Gasteiger partial charge on any atom is 0.155 e. The van der Waals surface area contributed by atoms with Gasteiger partial charge < -0.3 is 4.74 Å². The van der Waals surface area contributed by atoms with Gasteiger partial charge in [-0.1, -0.05) is 20.8 Å². The van der Waals surface area contributed by atoms with Gasteiger partial charge in [-0.3, -0.25) is 4.57 Å². The molecule has 0 aromatic rings. The third kappa shape index (κ3) is 2.32. The number of ether oxygens (including phenoxy) is 1. The van der Waals surface area contributed by atoms with Gasteiger partial charge in [0.25, 0.3) is 0 Å². The molecule has 1 rings (SSSR count). The SMILES string of the molecule is [B][C@@H]1O[C@H](C(C)C)C(CP=O)[C@@H]1C. The zero-order valence-electron chi connectivity index (χ0n) is 8.43. The molecule has 2 radical (unpaired) electrons. The first-order valence-corrected chi connectivity index (χ1v) is 5.77. The molecule has 72 valence electrons. The van der Waals surface area contributed by atoms with Crippen LogP contribution in [0.5, 0.6) is 0 Å². The first-order chi connectivity index (χ1) is 6.07. The van der Waals surface area contributed by atoms with Gasteiger partial charge in [-0.05, 0) is 11.8 Å². The Hall–Kier alpha value is 0.125. The van der Waals surface area contributed by atoms with Crippen LogP contribution in [0.1, 0.15) is 20.8 Å². The summed E-state index contributed by atoms with van der Waals surface area (Å²) < 4.78 is 16.2. The fraction of sp³-hybridized carbons (Fsp3) is 1.00. The van der Waals surface area contributed by atoms with Crippen LogP contribution in [0, 0.1) is 17.8 Å². The molecule has 2 nitrogen and oxygen atoms in total. The van der Waals surface area contributed by atoms with Crippen LogP contribution >= 0.6 is 8.46 Å². The third-order valence-corrected chi connectivity index (χ3v) is 3.44. The Bertz CT molecular complexity index is 186. The van der Waals surface area contributed by atoms with Gasteiger partial charge in [-0.15, -0.1) is 0 Å². The summed E-state index contributed by atoms with van der Waals surface area (Å²) in [5, 5.41) is 0. The van der Waals surface area contributed by atoms with E-state index in [9.17, 15) is 4.57 Å². The first kappa shape index (κ1) is 11.2. The van der Waals surface area contributed by atoms with Gasteiger partial charge in [0.2, 0.25) is 0 Å². The van der Waals surface area contributed by atoms with Crippen LogP contribution in [0.25, 0.3) is 0 Å². The summed E-state index contributed by atoms with van der Waals surface area (Å²) in [6.45, 7) is 6.30. The average molecular weight is 198 g/mol. The molecule has 1 aliphatic rings. The van der Waals surface area contributed by atoms with Crippen LogP contribution in [0.3, 0.4) is 0 Å². The van der Waals surface area contributed by atoms with Crippen molar-refractivity contribution < 1.29 is 9.30 Å². The number of hydrogen-bond donors (Lipinski definition) is 0. The van der Waals surface area contributed by atoms with Crippen molar-refractivity contribution in [1.29, 1.82) is 0 Å². The van der Waals surface area contributed by atoms with Crippen LogP contribution in [0.2, 0.25) is 0 Å². The molecule has 0 spiro atoms. The molecule has 4 heteroatoms. The van der Waals surface area contributed by atoms with Crippen LogP contribution < -0.4 is 0 Å². The zero-order chi connectivity index (χ0) is 10.0. The van der Waals surface area contributed by atoms with Crippen molar-refractivity contribution >= 4 is 16.3 Å². The summed E-state index contributed by atoms with van der Waals surface area (Å²) in [4.78, 5) is 0. The molecule has 0 aromatic carbocycles. The van der Waals surface area contributed by atoms with E-state index in [1.54, 1.807) is 0 Å². The van der Waals surface area contributed by atoms with Gasteiger partial charge in [0, 0.05) is 18.1 Å². The topological polar surface area (TPSA) is 26.3 Å². The van der Waals surface area contributed by atoms with Crippen molar-refractivity contribution in [3.8, 4) is 0 Å². The minimum absolute atomic E-state index is 0.173. The maximum absolute atomic E-state index is 10.6. The number of hydrogen-bond acceptors (Lipinski definition) is 2. The molecule has 1 aliphatic heterocycles. The average Bonchev–Trinajstić information content (AvgIpc) is 2.33. The second-order valence-electron chi connectivity index (χ2n) is 4.14. The van der Waals surface area contributed by atoms with Crippen molar-refractivity contribution in [3.05, 3.63) is 0 Å². The molecule has 4 atom stereocenters. The third-order valence-electron chi connectivity index (χ3n) is 2.87. The van der Waals surface area contributed by atoms with E-state index in [2.05, 4.69) is 20.8 Å². The van der Waals surface area contributed by atoms with E-state index in [1.165, 1.54) is 0 Å². The summed E-state index contributed by atoms with van der Waals surface area (Å²) in [7, 11) is 6.00. The van der Waals surface area contributed by atoms with Crippen LogP contribution in [-0.4, -0.2) is 26.1 Å². The van der Waals surface area contributed by atoms with Gasteiger partial charge in [0.05, 0.1) is 6.10 Å². The van der Waals surface area contributed by atoms with Crippen LogP contribution in [-0.2, 0) is 9.30 Å². The van der Waals surface area contributed by atoms with Crippen molar-refractivity contribution in [1.82, 2.24) is 0 Å². The standard InChI is InChI=1S/C9H16BO2P/c1-5(2)8-7(4-13-11)6(3)9(10)12-8/h5-9H,4H2,1-3H3/t6-,7?,8+,9+/m0/s1. The number of rotatable bonds is 3. The fourth-order valence-corrected chi connectivity index (χ4v) is 2.67. The van der Waals surface area contributed by atoms with Crippen LogP contribution in [0.4, 0.5) is 0 Å². The molecule has 0 amide bonds. The highest BCUT2D eigenvalue weighted by Crippen LogP contribution is 2.36. The van der Waals surface area contributed by atoms with Crippen LogP contribution in [0.15, 0.2) is 0 Å². The van der Waals surface area contributed by atoms with E-state index in [0.29, 0.717) is 23.9 Å². The van der Waals surface area contributed by atoms with E-state index < -0.39 is 0 Å². The second-order valence-corrected chi connectivity index (χ2v) is 4.77. The zero-order valence-corrected chi connectivity index (χ0v) is 9.33. The Balaban J connectivity index is 2.68. The maximum atomic E-state index is 10.6. The molecule has 1 saturated heterocycles. The van der Waals surface area contributed by atoms with E-state index >= 15 is 0 Å². The minimum atomic E-state index is -0.181. The Morgan fingerprint density at radius 1 is 1.54 bits per heavy atom. The van der Waals surface area contributed by atoms with Gasteiger partial charge in [-0.2, -0.15) is 0 Å². The summed E-state index contributed by atoms with van der Waals surface area (Å²) in [6, 6.07) is -0.181. The van der Waals surface area contributed by atoms with E-state index in [-0.39, 0.29) is 20.6 Å². The highest BCUT2D eigenvalue weighted by atomic mass is 31.1. The highest BCUT2D eigenvalue weighted by molar-refractivity contribution is 7.23. The lowest BCUT2D eigenvalue weighted by Crippen LogP contribution is -2.25. The second kappa shape index (κ2) is 4.57. The predicted octanol–water partition coefficient (Wildman–Crippen LogP) is 2.08. The van der Waals surface area contributed by atoms with Crippen molar-refractivity contribution in [2.24, 2.45) is 17.8 Å². The molecular weight excluding hydrogens is 182 g/mol. The minimum Gasteiger partial charge on any atom is -0.384 e. The largest absolute Gasteiger partial charge is 0.384 e. The van der Waals surface area contributed by atoms with Gasteiger partial charge in [0.15, 0.2) is 8.46 Å². The van der Waals surface area contributed by atoms with Gasteiger partial charge in [0.1, 0.15) is 7.85 Å². The van der Waals surface area contributed by atoms with Gasteiger partial charge in [-0.25, -0.2) is 0 Å². The highest BCUT2D eigenvalue weighted by Gasteiger charge is 2.40. The molecule has 0 bridgehead atoms. The lowest BCUT2D eigenvalue weighted by Gasteiger charge is -2.21. The van der Waals surface area contributed by atoms with E-state index in [4.69, 9.17) is 12.6 Å². The van der Waals surface area contributed by atoms with Crippen molar-refractivity contribution in [3.63, 3.8) is 0 Å². The lowest BCUT2D eigenvalue weighted by atomic mass is 9.80. The molecule has 0 N–H and O–H groups in total. The molecule has 1 fully saturated rings. The Morgan fingerprint density at radius 3 is 2.62 bits per heavy atom. The fourth-order valence-electron chi connectivity index (χ4n) is 1.96. The quantitative estimate of drug-likeness (QED) is 0.512. The monoisotopic (exact) mass is 198 g/mol. The summed E-state index contributed by atoms with van der Waals surface area (Å²) in [6.07, 6.45) is 0.837. The molecular formula is C9H16BO2P. The van der Waals surface area contributed by atoms with Crippen molar-refractivity contribution in [2.75, 3.05) is 6.16 Å². The molecule has 1 unspecified atom stereocenters. The van der Waals surface area contributed by atoms with Crippen molar-refractivity contribution in [2.45, 2.75) is 32.9 Å². The Kier molecular flexibility index (Phi) is 3.94. The smallest absolute Gasteiger partial charge is 0.155 e. The van der Waals surface area contributed by atoms with E-state index in [1.807, 2.05) is 0 Å².